The molecule has 1 aromatic carbocycles. The normalized spacial score (nSPS) is 15.7. The fourth-order valence-electron chi connectivity index (χ4n) is 1.74. The molecule has 0 spiro atoms. The van der Waals surface area contributed by atoms with Crippen LogP contribution in [-0.4, -0.2) is 23.7 Å². The molecule has 5 heteroatoms. The number of nitrogens with one attached hydrogen (secondary N) is 1. The number of nitrogens with zero attached hydrogens (tertiary/aromatic N) is 2. The highest BCUT2D eigenvalue weighted by atomic mass is 35.5. The first-order chi connectivity index (χ1) is 8.36. The quantitative estimate of drug-likeness (QED) is 0.639. The second kappa shape index (κ2) is 7.71. The molecule has 0 saturated heterocycles. The third-order valence-electron chi connectivity index (χ3n) is 2.71. The third kappa shape index (κ3) is 4.37. The van der Waals surface area contributed by atoms with Gasteiger partial charge in [-0.05, 0) is 25.0 Å². The number of phenolic OH excluding ortho intramolecular Hbond substituents is 1. The highest BCUT2D eigenvalue weighted by molar-refractivity contribution is 5.86. The zero-order valence-electron chi connectivity index (χ0n) is 10.2. The predicted octanol–water partition coefficient (Wildman–Crippen LogP) is 2.71. The Morgan fingerprint density at radius 1 is 1.22 bits per heavy atom. The lowest BCUT2D eigenvalue weighted by atomic mass is 10.2. The molecule has 0 radical (unpaired) electrons. The largest absolute Gasteiger partial charge is 0.507 e. The molecule has 4 nitrogen and oxygen atoms in total. The molecule has 1 aromatic rings. The van der Waals surface area contributed by atoms with Crippen LogP contribution in [0.15, 0.2) is 34.4 Å². The van der Waals surface area contributed by atoms with Crippen molar-refractivity contribution in [2.45, 2.75) is 25.7 Å². The second-order valence-corrected chi connectivity index (χ2v) is 4.07. The summed E-state index contributed by atoms with van der Waals surface area (Å²) in [5.41, 5.74) is 3.65. The van der Waals surface area contributed by atoms with Gasteiger partial charge in [-0.25, -0.2) is 0 Å². The fourth-order valence-corrected chi connectivity index (χ4v) is 1.74. The number of aliphatic imine (C=N–C) groups is 1. The molecule has 0 saturated carbocycles. The first-order valence-corrected chi connectivity index (χ1v) is 5.96. The molecule has 0 bridgehead atoms. The van der Waals surface area contributed by atoms with Crippen LogP contribution < -0.4 is 5.43 Å². The second-order valence-electron chi connectivity index (χ2n) is 4.07. The first kappa shape index (κ1) is 14.5. The van der Waals surface area contributed by atoms with Crippen LogP contribution in [0.3, 0.4) is 0 Å². The summed E-state index contributed by atoms with van der Waals surface area (Å²) in [5.74, 6) is 1.18. The molecular formula is C13H18ClN3O. The molecule has 1 aliphatic heterocycles. The summed E-state index contributed by atoms with van der Waals surface area (Å²) in [7, 11) is 0. The summed E-state index contributed by atoms with van der Waals surface area (Å²) in [6, 6.07) is 7.11. The zero-order valence-corrected chi connectivity index (χ0v) is 11.0. The molecular weight excluding hydrogens is 250 g/mol. The number of hydrogen-bond donors (Lipinski definition) is 2. The van der Waals surface area contributed by atoms with Crippen molar-refractivity contribution >= 4 is 24.5 Å². The summed E-state index contributed by atoms with van der Waals surface area (Å²) >= 11 is 0. The SMILES string of the molecule is Cl.Oc1ccccc1C=NNC1=NCCCCC1. The molecule has 18 heavy (non-hydrogen) atoms. The van der Waals surface area contributed by atoms with E-state index in [2.05, 4.69) is 15.5 Å². The van der Waals surface area contributed by atoms with E-state index in [1.165, 1.54) is 6.42 Å². The maximum absolute atomic E-state index is 9.54. The van der Waals surface area contributed by atoms with Crippen LogP contribution in [0.2, 0.25) is 0 Å². The van der Waals surface area contributed by atoms with E-state index < -0.39 is 0 Å². The number of phenols is 1. The zero-order chi connectivity index (χ0) is 11.9. The number of para-hydroxylation sites is 1. The van der Waals surface area contributed by atoms with Crippen LogP contribution in [0.4, 0.5) is 0 Å². The van der Waals surface area contributed by atoms with E-state index in [0.29, 0.717) is 5.56 Å². The van der Waals surface area contributed by atoms with E-state index >= 15 is 0 Å². The van der Waals surface area contributed by atoms with Gasteiger partial charge in [0.25, 0.3) is 0 Å². The Bertz CT molecular complexity index is 432. The van der Waals surface area contributed by atoms with E-state index in [9.17, 15) is 5.11 Å². The van der Waals surface area contributed by atoms with E-state index in [4.69, 9.17) is 0 Å². The summed E-state index contributed by atoms with van der Waals surface area (Å²) in [6.07, 6.45) is 6.13. The lowest BCUT2D eigenvalue weighted by molar-refractivity contribution is 0.474. The third-order valence-corrected chi connectivity index (χ3v) is 2.71. The Hall–Kier alpha value is -1.55. The number of benzene rings is 1. The summed E-state index contributed by atoms with van der Waals surface area (Å²) in [4.78, 5) is 4.41. The number of amidine groups is 1. The van der Waals surface area contributed by atoms with Crippen LogP contribution in [0.1, 0.15) is 31.2 Å². The van der Waals surface area contributed by atoms with Crippen LogP contribution in [0.5, 0.6) is 5.75 Å². The lowest BCUT2D eigenvalue weighted by Gasteiger charge is -2.02. The van der Waals surface area contributed by atoms with Crippen molar-refractivity contribution in [3.63, 3.8) is 0 Å². The van der Waals surface area contributed by atoms with E-state index in [0.717, 1.165) is 31.6 Å². The summed E-state index contributed by atoms with van der Waals surface area (Å²) in [5, 5.41) is 13.6. The molecule has 0 aliphatic carbocycles. The topological polar surface area (TPSA) is 57.0 Å². The van der Waals surface area contributed by atoms with Gasteiger partial charge in [0.15, 0.2) is 0 Å². The smallest absolute Gasteiger partial charge is 0.124 e. The minimum absolute atomic E-state index is 0. The standard InChI is InChI=1S/C13H17N3O.ClH/c17-12-7-4-3-6-11(12)10-15-16-13-8-2-1-5-9-14-13;/h3-4,6-7,10,17H,1-2,5,8-9H2,(H,14,16);1H. The van der Waals surface area contributed by atoms with Gasteiger partial charge in [0.1, 0.15) is 11.6 Å². The molecule has 1 aliphatic rings. The van der Waals surface area contributed by atoms with Crippen LogP contribution in [-0.2, 0) is 0 Å². The maximum atomic E-state index is 9.54. The van der Waals surface area contributed by atoms with Gasteiger partial charge in [0.2, 0.25) is 0 Å². The summed E-state index contributed by atoms with van der Waals surface area (Å²) in [6.45, 7) is 0.883. The number of rotatable bonds is 2. The highest BCUT2D eigenvalue weighted by Gasteiger charge is 2.02. The summed E-state index contributed by atoms with van der Waals surface area (Å²) < 4.78 is 0. The van der Waals surface area contributed by atoms with Crippen LogP contribution in [0, 0.1) is 0 Å². The van der Waals surface area contributed by atoms with E-state index in [1.54, 1.807) is 18.3 Å². The monoisotopic (exact) mass is 267 g/mol. The Kier molecular flexibility index (Phi) is 6.22. The fraction of sp³-hybridized carbons (Fsp3) is 0.385. The average Bonchev–Trinajstić information content (AvgIpc) is 2.60. The number of aromatic hydroxyl groups is 1. The van der Waals surface area contributed by atoms with Crippen molar-refractivity contribution in [3.05, 3.63) is 29.8 Å². The minimum Gasteiger partial charge on any atom is -0.507 e. The molecule has 0 unspecified atom stereocenters. The van der Waals surface area contributed by atoms with Gasteiger partial charge >= 0.3 is 0 Å². The van der Waals surface area contributed by atoms with Crippen LogP contribution >= 0.6 is 12.4 Å². The Labute approximate surface area is 113 Å². The average molecular weight is 268 g/mol. The Morgan fingerprint density at radius 3 is 2.89 bits per heavy atom. The predicted molar refractivity (Wildman–Crippen MR) is 76.9 cm³/mol. The van der Waals surface area contributed by atoms with Crippen molar-refractivity contribution in [1.82, 2.24) is 5.43 Å². The van der Waals surface area contributed by atoms with Gasteiger partial charge in [0.05, 0.1) is 6.21 Å². The van der Waals surface area contributed by atoms with E-state index in [-0.39, 0.29) is 18.2 Å². The van der Waals surface area contributed by atoms with Gasteiger partial charge in [0, 0.05) is 18.5 Å². The minimum atomic E-state index is 0. The Balaban J connectivity index is 0.00000162. The molecule has 0 aromatic heterocycles. The molecule has 0 atom stereocenters. The van der Waals surface area contributed by atoms with Crippen molar-refractivity contribution in [3.8, 4) is 5.75 Å². The van der Waals surface area contributed by atoms with Crippen molar-refractivity contribution < 1.29 is 5.11 Å². The Morgan fingerprint density at radius 2 is 2.06 bits per heavy atom. The number of halogens is 1. The van der Waals surface area contributed by atoms with Gasteiger partial charge < -0.3 is 5.11 Å². The van der Waals surface area contributed by atoms with Crippen molar-refractivity contribution in [1.29, 1.82) is 0 Å². The van der Waals surface area contributed by atoms with Crippen LogP contribution in [0.25, 0.3) is 0 Å². The van der Waals surface area contributed by atoms with Crippen molar-refractivity contribution in [2.75, 3.05) is 6.54 Å². The molecule has 0 amide bonds. The van der Waals surface area contributed by atoms with Gasteiger partial charge in [-0.2, -0.15) is 5.10 Å². The van der Waals surface area contributed by atoms with Gasteiger partial charge in [-0.1, -0.05) is 18.6 Å². The highest BCUT2D eigenvalue weighted by Crippen LogP contribution is 2.12. The number of hydrazone groups is 1. The maximum Gasteiger partial charge on any atom is 0.124 e. The van der Waals surface area contributed by atoms with Crippen molar-refractivity contribution in [2.24, 2.45) is 10.1 Å². The van der Waals surface area contributed by atoms with E-state index in [1.807, 2.05) is 12.1 Å². The molecule has 98 valence electrons. The number of hydrogen-bond acceptors (Lipinski definition) is 4. The van der Waals surface area contributed by atoms with Gasteiger partial charge in [-0.3, -0.25) is 10.4 Å². The molecule has 1 heterocycles. The molecule has 0 fully saturated rings. The lowest BCUT2D eigenvalue weighted by Crippen LogP contribution is -2.17. The first-order valence-electron chi connectivity index (χ1n) is 5.96. The molecule has 2 rings (SSSR count). The molecule has 2 N–H and O–H groups in total. The van der Waals surface area contributed by atoms with Gasteiger partial charge in [-0.15, -0.1) is 12.4 Å².